The monoisotopic (exact) mass is 214 g/mol. The second-order valence-corrected chi connectivity index (χ2v) is 3.89. The summed E-state index contributed by atoms with van der Waals surface area (Å²) in [7, 11) is 3.75. The largest absolute Gasteiger partial charge is 0.377 e. The molecule has 0 amide bonds. The average Bonchev–Trinajstić information content (AvgIpc) is 2.76. The lowest BCUT2D eigenvalue weighted by atomic mass is 10.2. The highest BCUT2D eigenvalue weighted by atomic mass is 19.1. The van der Waals surface area contributed by atoms with E-state index >= 15 is 0 Å². The minimum atomic E-state index is -0.900. The number of rotatable bonds is 3. The summed E-state index contributed by atoms with van der Waals surface area (Å²) in [5, 5.41) is 7.74. The number of aryl methyl sites for hydroxylation is 1. The molecule has 2 atom stereocenters. The Balaban J connectivity index is 1.97. The van der Waals surface area contributed by atoms with Gasteiger partial charge in [0.2, 0.25) is 0 Å². The van der Waals surface area contributed by atoms with E-state index in [1.165, 1.54) is 0 Å². The Morgan fingerprint density at radius 2 is 2.47 bits per heavy atom. The molecule has 15 heavy (non-hydrogen) atoms. The standard InChI is InChI=1S/C9H15FN4O/c1-13(8-5-15-4-7(8)10)3-9-12-11-6-14(9)2/h6-8H,3-5H2,1-2H3/t7-,8-/m1/s1. The molecular weight excluding hydrogens is 199 g/mol. The van der Waals surface area contributed by atoms with E-state index in [9.17, 15) is 4.39 Å². The zero-order valence-electron chi connectivity index (χ0n) is 8.93. The number of halogens is 1. The van der Waals surface area contributed by atoms with Crippen molar-refractivity contribution >= 4 is 0 Å². The summed E-state index contributed by atoms with van der Waals surface area (Å²) < 4.78 is 20.3. The maximum Gasteiger partial charge on any atom is 0.146 e. The first-order valence-corrected chi connectivity index (χ1v) is 4.93. The second kappa shape index (κ2) is 4.24. The minimum absolute atomic E-state index is 0.165. The maximum absolute atomic E-state index is 13.4. The molecule has 84 valence electrons. The van der Waals surface area contributed by atoms with Gasteiger partial charge in [-0.1, -0.05) is 0 Å². The van der Waals surface area contributed by atoms with Crippen LogP contribution in [-0.2, 0) is 18.3 Å². The normalized spacial score (nSPS) is 26.4. The molecule has 2 heterocycles. The van der Waals surface area contributed by atoms with Crippen LogP contribution in [0.2, 0.25) is 0 Å². The smallest absolute Gasteiger partial charge is 0.146 e. The molecule has 1 fully saturated rings. The first-order chi connectivity index (χ1) is 7.18. The summed E-state index contributed by atoms with van der Waals surface area (Å²) in [4.78, 5) is 1.92. The van der Waals surface area contributed by atoms with E-state index in [1.54, 1.807) is 6.33 Å². The topological polar surface area (TPSA) is 43.2 Å². The van der Waals surface area contributed by atoms with Crippen LogP contribution in [0.1, 0.15) is 5.82 Å². The summed E-state index contributed by atoms with van der Waals surface area (Å²) in [6.07, 6.45) is 0.740. The minimum Gasteiger partial charge on any atom is -0.377 e. The summed E-state index contributed by atoms with van der Waals surface area (Å²) in [6, 6.07) is -0.165. The molecule has 1 aliphatic rings. The molecule has 0 N–H and O–H groups in total. The molecule has 1 saturated heterocycles. The van der Waals surface area contributed by atoms with Gasteiger partial charge in [-0.2, -0.15) is 0 Å². The molecule has 2 rings (SSSR count). The van der Waals surface area contributed by atoms with Crippen molar-refractivity contribution in [1.82, 2.24) is 19.7 Å². The van der Waals surface area contributed by atoms with Crippen LogP contribution in [0.15, 0.2) is 6.33 Å². The molecule has 0 aromatic carbocycles. The zero-order valence-corrected chi connectivity index (χ0v) is 8.93. The van der Waals surface area contributed by atoms with Gasteiger partial charge in [0.15, 0.2) is 0 Å². The Morgan fingerprint density at radius 3 is 3.00 bits per heavy atom. The van der Waals surface area contributed by atoms with Crippen molar-refractivity contribution in [3.63, 3.8) is 0 Å². The third-order valence-electron chi connectivity index (χ3n) is 2.75. The van der Waals surface area contributed by atoms with Crippen LogP contribution in [0, 0.1) is 0 Å². The van der Waals surface area contributed by atoms with Crippen LogP contribution < -0.4 is 0 Å². The van der Waals surface area contributed by atoms with Gasteiger partial charge < -0.3 is 9.30 Å². The average molecular weight is 214 g/mol. The van der Waals surface area contributed by atoms with E-state index < -0.39 is 6.17 Å². The molecule has 0 saturated carbocycles. The predicted molar refractivity (Wildman–Crippen MR) is 52.0 cm³/mol. The van der Waals surface area contributed by atoms with Crippen LogP contribution in [0.25, 0.3) is 0 Å². The van der Waals surface area contributed by atoms with Gasteiger partial charge in [-0.05, 0) is 7.05 Å². The van der Waals surface area contributed by atoms with E-state index in [0.29, 0.717) is 13.2 Å². The first-order valence-electron chi connectivity index (χ1n) is 4.93. The molecule has 1 aromatic rings. The lowest BCUT2D eigenvalue weighted by Crippen LogP contribution is -2.38. The fourth-order valence-electron chi connectivity index (χ4n) is 1.71. The highest BCUT2D eigenvalue weighted by Crippen LogP contribution is 2.16. The van der Waals surface area contributed by atoms with Gasteiger partial charge in [0.25, 0.3) is 0 Å². The van der Waals surface area contributed by atoms with Crippen LogP contribution in [-0.4, -0.2) is 52.1 Å². The zero-order chi connectivity index (χ0) is 10.8. The SMILES string of the molecule is CN(Cc1nncn1C)[C@@H]1COC[C@H]1F. The van der Waals surface area contributed by atoms with Crippen molar-refractivity contribution < 1.29 is 9.13 Å². The fraction of sp³-hybridized carbons (Fsp3) is 0.778. The molecular formula is C9H15FN4O. The Bertz CT molecular complexity index is 330. The summed E-state index contributed by atoms with van der Waals surface area (Å²) >= 11 is 0. The van der Waals surface area contributed by atoms with Crippen LogP contribution in [0.3, 0.4) is 0 Å². The number of hydrogen-bond acceptors (Lipinski definition) is 4. The molecule has 0 aliphatic carbocycles. The fourth-order valence-corrected chi connectivity index (χ4v) is 1.71. The number of nitrogens with zero attached hydrogens (tertiary/aromatic N) is 4. The number of hydrogen-bond donors (Lipinski definition) is 0. The molecule has 0 radical (unpaired) electrons. The van der Waals surface area contributed by atoms with Crippen molar-refractivity contribution in [3.8, 4) is 0 Å². The van der Waals surface area contributed by atoms with Gasteiger partial charge >= 0.3 is 0 Å². The lowest BCUT2D eigenvalue weighted by molar-refractivity contribution is 0.150. The number of alkyl halides is 1. The van der Waals surface area contributed by atoms with E-state index in [2.05, 4.69) is 10.2 Å². The highest BCUT2D eigenvalue weighted by molar-refractivity contribution is 4.88. The Labute approximate surface area is 87.8 Å². The van der Waals surface area contributed by atoms with Crippen LogP contribution in [0.4, 0.5) is 4.39 Å². The van der Waals surface area contributed by atoms with Gasteiger partial charge in [-0.3, -0.25) is 4.90 Å². The molecule has 1 aliphatic heterocycles. The lowest BCUT2D eigenvalue weighted by Gasteiger charge is -2.23. The molecule has 0 spiro atoms. The van der Waals surface area contributed by atoms with E-state index in [4.69, 9.17) is 4.74 Å². The predicted octanol–water partition coefficient (Wildman–Crippen LogP) is -0.0162. The molecule has 1 aromatic heterocycles. The van der Waals surface area contributed by atoms with Gasteiger partial charge in [0, 0.05) is 7.05 Å². The van der Waals surface area contributed by atoms with Crippen molar-refractivity contribution in [2.45, 2.75) is 18.8 Å². The second-order valence-electron chi connectivity index (χ2n) is 3.89. The van der Waals surface area contributed by atoms with E-state index in [1.807, 2.05) is 23.6 Å². The Morgan fingerprint density at radius 1 is 1.67 bits per heavy atom. The Kier molecular flexibility index (Phi) is 2.97. The summed E-state index contributed by atoms with van der Waals surface area (Å²) in [5.74, 6) is 0.830. The van der Waals surface area contributed by atoms with Crippen molar-refractivity contribution in [1.29, 1.82) is 0 Å². The van der Waals surface area contributed by atoms with E-state index in [0.717, 1.165) is 5.82 Å². The summed E-state index contributed by atoms with van der Waals surface area (Å²) in [5.41, 5.74) is 0. The van der Waals surface area contributed by atoms with Crippen LogP contribution >= 0.6 is 0 Å². The number of aromatic nitrogens is 3. The van der Waals surface area contributed by atoms with Crippen molar-refractivity contribution in [3.05, 3.63) is 12.2 Å². The third-order valence-corrected chi connectivity index (χ3v) is 2.75. The first kappa shape index (κ1) is 10.5. The molecule has 5 nitrogen and oxygen atoms in total. The highest BCUT2D eigenvalue weighted by Gasteiger charge is 2.31. The van der Waals surface area contributed by atoms with Gasteiger partial charge in [0.1, 0.15) is 18.3 Å². The van der Waals surface area contributed by atoms with Crippen molar-refractivity contribution in [2.24, 2.45) is 7.05 Å². The number of ether oxygens (including phenoxy) is 1. The maximum atomic E-state index is 13.4. The Hall–Kier alpha value is -1.01. The number of likely N-dealkylation sites (N-methyl/N-ethyl adjacent to an activating group) is 1. The van der Waals surface area contributed by atoms with Crippen molar-refractivity contribution in [2.75, 3.05) is 20.3 Å². The summed E-state index contributed by atoms with van der Waals surface area (Å²) in [6.45, 7) is 1.24. The van der Waals surface area contributed by atoms with Gasteiger partial charge in [0.05, 0.1) is 25.8 Å². The molecule has 0 unspecified atom stereocenters. The molecule has 6 heteroatoms. The van der Waals surface area contributed by atoms with E-state index in [-0.39, 0.29) is 12.6 Å². The van der Waals surface area contributed by atoms with Gasteiger partial charge in [-0.25, -0.2) is 4.39 Å². The quantitative estimate of drug-likeness (QED) is 0.709. The van der Waals surface area contributed by atoms with Gasteiger partial charge in [-0.15, -0.1) is 10.2 Å². The third kappa shape index (κ3) is 2.15. The van der Waals surface area contributed by atoms with Crippen LogP contribution in [0.5, 0.6) is 0 Å². The molecule has 0 bridgehead atoms.